The molecule has 0 fully saturated rings. The minimum atomic E-state index is -0.434. The van der Waals surface area contributed by atoms with Crippen molar-refractivity contribution < 1.29 is 0 Å². The second kappa shape index (κ2) is 4.66. The van der Waals surface area contributed by atoms with Crippen molar-refractivity contribution in [1.82, 2.24) is 9.55 Å². The Kier molecular flexibility index (Phi) is 3.74. The molecule has 1 aromatic heterocycles. The van der Waals surface area contributed by atoms with Crippen LogP contribution in [0.1, 0.15) is 25.8 Å². The first-order valence-electron chi connectivity index (χ1n) is 4.92. The van der Waals surface area contributed by atoms with Gasteiger partial charge in [0.15, 0.2) is 0 Å². The van der Waals surface area contributed by atoms with Crippen molar-refractivity contribution in [2.24, 2.45) is 5.92 Å². The Morgan fingerprint density at radius 2 is 2.00 bits per heavy atom. The molecular formula is C10H15ClN2O2. The second-order valence-corrected chi connectivity index (χ2v) is 4.39. The van der Waals surface area contributed by atoms with Crippen LogP contribution < -0.4 is 11.2 Å². The van der Waals surface area contributed by atoms with E-state index in [1.807, 2.05) is 13.8 Å². The lowest BCUT2D eigenvalue weighted by atomic mass is 10.1. The highest BCUT2D eigenvalue weighted by atomic mass is 35.5. The molecule has 0 spiro atoms. The van der Waals surface area contributed by atoms with Gasteiger partial charge in [-0.3, -0.25) is 14.3 Å². The van der Waals surface area contributed by atoms with E-state index in [0.29, 0.717) is 18.0 Å². The summed E-state index contributed by atoms with van der Waals surface area (Å²) >= 11 is 5.69. The first-order chi connectivity index (χ1) is 6.93. The molecule has 84 valence electrons. The molecule has 4 nitrogen and oxygen atoms in total. The lowest BCUT2D eigenvalue weighted by Gasteiger charge is -2.08. The molecule has 15 heavy (non-hydrogen) atoms. The average molecular weight is 231 g/mol. The number of nitrogens with zero attached hydrogens (tertiary/aromatic N) is 1. The maximum Gasteiger partial charge on any atom is 0.329 e. The third-order valence-electron chi connectivity index (χ3n) is 2.29. The summed E-state index contributed by atoms with van der Waals surface area (Å²) in [6, 6.07) is 0. The fraction of sp³-hybridized carbons (Fsp3) is 0.600. The fourth-order valence-electron chi connectivity index (χ4n) is 1.23. The molecule has 1 rings (SSSR count). The van der Waals surface area contributed by atoms with Gasteiger partial charge >= 0.3 is 5.69 Å². The average Bonchev–Trinajstić information content (AvgIpc) is 2.14. The number of halogens is 1. The van der Waals surface area contributed by atoms with Crippen LogP contribution >= 0.6 is 11.6 Å². The first-order valence-corrected chi connectivity index (χ1v) is 5.30. The summed E-state index contributed by atoms with van der Waals surface area (Å²) in [6.07, 6.45) is 0.796. The maximum atomic E-state index is 11.7. The van der Waals surface area contributed by atoms with Crippen LogP contribution in [0, 0.1) is 12.8 Å². The van der Waals surface area contributed by atoms with Crippen molar-refractivity contribution in [2.45, 2.75) is 33.7 Å². The van der Waals surface area contributed by atoms with E-state index < -0.39 is 5.69 Å². The molecule has 0 aliphatic rings. The van der Waals surface area contributed by atoms with Crippen LogP contribution in [0.2, 0.25) is 5.15 Å². The van der Waals surface area contributed by atoms with E-state index in [0.717, 1.165) is 6.42 Å². The first kappa shape index (κ1) is 12.0. The van der Waals surface area contributed by atoms with Crippen molar-refractivity contribution in [1.29, 1.82) is 0 Å². The monoisotopic (exact) mass is 230 g/mol. The van der Waals surface area contributed by atoms with Gasteiger partial charge in [0.2, 0.25) is 0 Å². The smallest absolute Gasteiger partial charge is 0.297 e. The number of aromatic nitrogens is 2. The van der Waals surface area contributed by atoms with Crippen molar-refractivity contribution in [2.75, 3.05) is 0 Å². The molecule has 0 bridgehead atoms. The van der Waals surface area contributed by atoms with Gasteiger partial charge in [-0.05, 0) is 19.3 Å². The lowest BCUT2D eigenvalue weighted by molar-refractivity contribution is 0.493. The fourth-order valence-corrected chi connectivity index (χ4v) is 1.40. The van der Waals surface area contributed by atoms with Crippen LogP contribution in [0.3, 0.4) is 0 Å². The standard InChI is InChI=1S/C10H15ClN2O2/c1-6(2)4-5-13-9(14)7(3)8(11)12-10(13)15/h6H,4-5H2,1-3H3,(H,12,15). The zero-order valence-corrected chi connectivity index (χ0v) is 9.89. The van der Waals surface area contributed by atoms with E-state index in [1.54, 1.807) is 6.92 Å². The molecule has 5 heteroatoms. The molecule has 0 aliphatic heterocycles. The van der Waals surface area contributed by atoms with Crippen LogP contribution in [0.25, 0.3) is 0 Å². The summed E-state index contributed by atoms with van der Waals surface area (Å²) in [4.78, 5) is 25.6. The number of rotatable bonds is 3. The van der Waals surface area contributed by atoms with Crippen LogP contribution in [-0.4, -0.2) is 9.55 Å². The van der Waals surface area contributed by atoms with E-state index in [9.17, 15) is 9.59 Å². The van der Waals surface area contributed by atoms with Gasteiger partial charge in [-0.1, -0.05) is 25.4 Å². The van der Waals surface area contributed by atoms with Gasteiger partial charge in [-0.2, -0.15) is 0 Å². The van der Waals surface area contributed by atoms with Crippen molar-refractivity contribution >= 4 is 11.6 Å². The maximum absolute atomic E-state index is 11.7. The summed E-state index contributed by atoms with van der Waals surface area (Å²) in [7, 11) is 0. The van der Waals surface area contributed by atoms with Crippen molar-refractivity contribution in [3.8, 4) is 0 Å². The van der Waals surface area contributed by atoms with Gasteiger partial charge in [0.05, 0.1) is 0 Å². The van der Waals surface area contributed by atoms with Gasteiger partial charge in [0.1, 0.15) is 5.15 Å². The van der Waals surface area contributed by atoms with Gasteiger partial charge in [0.25, 0.3) is 5.56 Å². The molecule has 1 N–H and O–H groups in total. The molecule has 1 heterocycles. The van der Waals surface area contributed by atoms with E-state index in [-0.39, 0.29) is 10.7 Å². The van der Waals surface area contributed by atoms with Gasteiger partial charge in [0, 0.05) is 12.1 Å². The minimum absolute atomic E-state index is 0.130. The van der Waals surface area contributed by atoms with Crippen molar-refractivity contribution in [3.05, 3.63) is 31.6 Å². The van der Waals surface area contributed by atoms with Gasteiger partial charge in [-0.15, -0.1) is 0 Å². The number of hydrogen-bond donors (Lipinski definition) is 1. The van der Waals surface area contributed by atoms with E-state index >= 15 is 0 Å². The predicted octanol–water partition coefficient (Wildman–Crippen LogP) is 1.54. The highest BCUT2D eigenvalue weighted by Crippen LogP contribution is 2.04. The summed E-state index contributed by atoms with van der Waals surface area (Å²) < 4.78 is 1.20. The molecule has 0 aromatic carbocycles. The zero-order chi connectivity index (χ0) is 11.6. The summed E-state index contributed by atoms with van der Waals surface area (Å²) in [5, 5.41) is 0.130. The SMILES string of the molecule is Cc1c(Cl)[nH]c(=O)n(CCC(C)C)c1=O. The number of aromatic amines is 1. The van der Waals surface area contributed by atoms with Crippen LogP contribution in [0.15, 0.2) is 9.59 Å². The molecule has 0 aliphatic carbocycles. The van der Waals surface area contributed by atoms with Gasteiger partial charge in [-0.25, -0.2) is 4.79 Å². The molecule has 0 radical (unpaired) electrons. The van der Waals surface area contributed by atoms with Crippen molar-refractivity contribution in [3.63, 3.8) is 0 Å². The minimum Gasteiger partial charge on any atom is -0.297 e. The normalized spacial score (nSPS) is 11.0. The Morgan fingerprint density at radius 3 is 2.53 bits per heavy atom. The third-order valence-corrected chi connectivity index (χ3v) is 2.67. The second-order valence-electron chi connectivity index (χ2n) is 4.01. The number of H-pyrrole nitrogens is 1. The highest BCUT2D eigenvalue weighted by molar-refractivity contribution is 6.30. The molecule has 1 aromatic rings. The molecule has 0 atom stereocenters. The summed E-state index contributed by atoms with van der Waals surface area (Å²) in [6.45, 7) is 6.13. The molecule has 0 amide bonds. The van der Waals surface area contributed by atoms with Crippen LogP contribution in [-0.2, 0) is 6.54 Å². The number of nitrogens with one attached hydrogen (secondary N) is 1. The summed E-state index contributed by atoms with van der Waals surface area (Å²) in [5.41, 5.74) is -0.347. The Hall–Kier alpha value is -1.03. The van der Waals surface area contributed by atoms with Crippen LogP contribution in [0.4, 0.5) is 0 Å². The Morgan fingerprint density at radius 1 is 1.40 bits per heavy atom. The summed E-state index contributed by atoms with van der Waals surface area (Å²) in [5.74, 6) is 0.451. The zero-order valence-electron chi connectivity index (χ0n) is 9.13. The highest BCUT2D eigenvalue weighted by Gasteiger charge is 2.08. The van der Waals surface area contributed by atoms with E-state index in [4.69, 9.17) is 11.6 Å². The van der Waals surface area contributed by atoms with Gasteiger partial charge < -0.3 is 0 Å². The number of hydrogen-bond acceptors (Lipinski definition) is 2. The Labute approximate surface area is 92.9 Å². The lowest BCUT2D eigenvalue weighted by Crippen LogP contribution is -2.36. The Balaban J connectivity index is 3.14. The largest absolute Gasteiger partial charge is 0.329 e. The quantitative estimate of drug-likeness (QED) is 0.801. The third kappa shape index (κ3) is 2.72. The molecule has 0 saturated heterocycles. The molecule has 0 saturated carbocycles. The predicted molar refractivity (Wildman–Crippen MR) is 60.5 cm³/mol. The Bertz CT molecular complexity index is 459. The van der Waals surface area contributed by atoms with E-state index in [2.05, 4.69) is 4.98 Å². The topological polar surface area (TPSA) is 54.9 Å². The van der Waals surface area contributed by atoms with E-state index in [1.165, 1.54) is 4.57 Å². The molecular weight excluding hydrogens is 216 g/mol. The molecule has 0 unspecified atom stereocenters. The van der Waals surface area contributed by atoms with Crippen LogP contribution in [0.5, 0.6) is 0 Å².